The van der Waals surface area contributed by atoms with Crippen LogP contribution >= 0.6 is 15.9 Å². The van der Waals surface area contributed by atoms with E-state index in [0.29, 0.717) is 6.04 Å². The molecule has 0 saturated carbocycles. The van der Waals surface area contributed by atoms with Gasteiger partial charge in [0.05, 0.1) is 6.54 Å². The Balaban J connectivity index is 2.37. The predicted octanol–water partition coefficient (Wildman–Crippen LogP) is 0.930. The lowest BCUT2D eigenvalue weighted by atomic mass is 10.2. The van der Waals surface area contributed by atoms with Gasteiger partial charge in [-0.1, -0.05) is 15.9 Å². The maximum atomic E-state index is 10.4. The van der Waals surface area contributed by atoms with E-state index in [9.17, 15) is 4.79 Å². The third-order valence-corrected chi connectivity index (χ3v) is 2.76. The van der Waals surface area contributed by atoms with Crippen molar-refractivity contribution in [1.29, 1.82) is 0 Å². The molecule has 1 atom stereocenters. The van der Waals surface area contributed by atoms with Crippen LogP contribution in [0.1, 0.15) is 12.8 Å². The SMILES string of the molecule is O=C(O)CN1CCCC1CBr. The molecule has 1 N–H and O–H groups in total. The van der Waals surface area contributed by atoms with Crippen LogP contribution < -0.4 is 0 Å². The second-order valence-electron chi connectivity index (χ2n) is 2.81. The Morgan fingerprint density at radius 2 is 2.45 bits per heavy atom. The summed E-state index contributed by atoms with van der Waals surface area (Å²) in [5.41, 5.74) is 0. The molecule has 0 radical (unpaired) electrons. The Morgan fingerprint density at radius 1 is 1.73 bits per heavy atom. The van der Waals surface area contributed by atoms with E-state index in [4.69, 9.17) is 5.11 Å². The minimum atomic E-state index is -0.724. The third-order valence-electron chi connectivity index (χ3n) is 2.02. The van der Waals surface area contributed by atoms with Crippen LogP contribution in [0.15, 0.2) is 0 Å². The molecule has 64 valence electrons. The highest BCUT2D eigenvalue weighted by Gasteiger charge is 2.24. The zero-order valence-corrected chi connectivity index (χ0v) is 7.88. The summed E-state index contributed by atoms with van der Waals surface area (Å²) >= 11 is 3.37. The highest BCUT2D eigenvalue weighted by molar-refractivity contribution is 9.09. The number of halogens is 1. The van der Waals surface area contributed by atoms with Crippen molar-refractivity contribution in [3.63, 3.8) is 0 Å². The van der Waals surface area contributed by atoms with Crippen molar-refractivity contribution in [2.45, 2.75) is 18.9 Å². The lowest BCUT2D eigenvalue weighted by Crippen LogP contribution is -2.35. The number of hydrogen-bond acceptors (Lipinski definition) is 2. The molecule has 1 unspecified atom stereocenters. The van der Waals surface area contributed by atoms with Crippen LogP contribution in [0.25, 0.3) is 0 Å². The maximum Gasteiger partial charge on any atom is 0.317 e. The number of alkyl halides is 1. The van der Waals surface area contributed by atoms with Gasteiger partial charge in [0.2, 0.25) is 0 Å². The molecule has 1 rings (SSSR count). The molecule has 11 heavy (non-hydrogen) atoms. The molecule has 1 aliphatic heterocycles. The summed E-state index contributed by atoms with van der Waals surface area (Å²) in [7, 11) is 0. The number of carboxylic acid groups (broad SMARTS) is 1. The highest BCUT2D eigenvalue weighted by Crippen LogP contribution is 2.17. The van der Waals surface area contributed by atoms with E-state index in [1.165, 1.54) is 0 Å². The second kappa shape index (κ2) is 4.07. The number of hydrogen-bond donors (Lipinski definition) is 1. The molecule has 1 heterocycles. The first kappa shape index (κ1) is 9.00. The summed E-state index contributed by atoms with van der Waals surface area (Å²) in [6, 6.07) is 0.436. The highest BCUT2D eigenvalue weighted by atomic mass is 79.9. The van der Waals surface area contributed by atoms with Crippen LogP contribution in [0.3, 0.4) is 0 Å². The lowest BCUT2D eigenvalue weighted by molar-refractivity contribution is -0.138. The van der Waals surface area contributed by atoms with Gasteiger partial charge in [-0.2, -0.15) is 0 Å². The number of nitrogens with zero attached hydrogens (tertiary/aromatic N) is 1. The summed E-state index contributed by atoms with van der Waals surface area (Å²) in [5, 5.41) is 9.42. The fraction of sp³-hybridized carbons (Fsp3) is 0.857. The van der Waals surface area contributed by atoms with E-state index in [2.05, 4.69) is 15.9 Å². The Labute approximate surface area is 74.5 Å². The van der Waals surface area contributed by atoms with E-state index < -0.39 is 5.97 Å². The van der Waals surface area contributed by atoms with Gasteiger partial charge in [-0.3, -0.25) is 9.69 Å². The van der Waals surface area contributed by atoms with Crippen molar-refractivity contribution >= 4 is 21.9 Å². The number of carboxylic acids is 1. The van der Waals surface area contributed by atoms with Crippen LogP contribution in [0.4, 0.5) is 0 Å². The molecule has 1 fully saturated rings. The van der Waals surface area contributed by atoms with Crippen molar-refractivity contribution in [3.05, 3.63) is 0 Å². The van der Waals surface area contributed by atoms with E-state index >= 15 is 0 Å². The second-order valence-corrected chi connectivity index (χ2v) is 3.46. The molecular weight excluding hydrogens is 210 g/mol. The summed E-state index contributed by atoms with van der Waals surface area (Å²) in [6.07, 6.45) is 2.25. The van der Waals surface area contributed by atoms with Crippen molar-refractivity contribution < 1.29 is 9.90 Å². The average Bonchev–Trinajstić information content (AvgIpc) is 2.34. The van der Waals surface area contributed by atoms with Gasteiger partial charge in [0.15, 0.2) is 0 Å². The minimum Gasteiger partial charge on any atom is -0.480 e. The number of rotatable bonds is 3. The van der Waals surface area contributed by atoms with Crippen LogP contribution in [-0.2, 0) is 4.79 Å². The first-order valence-corrected chi connectivity index (χ1v) is 4.88. The molecule has 3 nitrogen and oxygen atoms in total. The van der Waals surface area contributed by atoms with Gasteiger partial charge in [-0.05, 0) is 19.4 Å². The average molecular weight is 222 g/mol. The summed E-state index contributed by atoms with van der Waals surface area (Å²) < 4.78 is 0. The molecule has 1 aliphatic rings. The van der Waals surface area contributed by atoms with E-state index in [1.807, 2.05) is 4.90 Å². The molecule has 0 spiro atoms. The Bertz CT molecular complexity index is 151. The summed E-state index contributed by atoms with van der Waals surface area (Å²) in [5.74, 6) is -0.724. The van der Waals surface area contributed by atoms with Gasteiger partial charge in [0.1, 0.15) is 0 Å². The maximum absolute atomic E-state index is 10.4. The summed E-state index contributed by atoms with van der Waals surface area (Å²) in [6.45, 7) is 1.12. The van der Waals surface area contributed by atoms with Crippen LogP contribution in [0.2, 0.25) is 0 Å². The summed E-state index contributed by atoms with van der Waals surface area (Å²) in [4.78, 5) is 12.4. The smallest absolute Gasteiger partial charge is 0.317 e. The lowest BCUT2D eigenvalue weighted by Gasteiger charge is -2.19. The normalized spacial score (nSPS) is 25.7. The van der Waals surface area contributed by atoms with Gasteiger partial charge in [-0.15, -0.1) is 0 Å². The molecular formula is C7H12BrNO2. The van der Waals surface area contributed by atoms with Crippen LogP contribution in [0, 0.1) is 0 Å². The van der Waals surface area contributed by atoms with Crippen molar-refractivity contribution in [2.24, 2.45) is 0 Å². The largest absolute Gasteiger partial charge is 0.480 e. The third kappa shape index (κ3) is 2.45. The quantitative estimate of drug-likeness (QED) is 0.722. The van der Waals surface area contributed by atoms with E-state index in [1.54, 1.807) is 0 Å². The molecule has 0 aromatic heterocycles. The number of likely N-dealkylation sites (tertiary alicyclic amines) is 1. The van der Waals surface area contributed by atoms with Crippen molar-refractivity contribution in [2.75, 3.05) is 18.4 Å². The zero-order valence-electron chi connectivity index (χ0n) is 6.29. The molecule has 0 aromatic rings. The molecule has 0 bridgehead atoms. The van der Waals surface area contributed by atoms with Gasteiger partial charge >= 0.3 is 5.97 Å². The minimum absolute atomic E-state index is 0.191. The van der Waals surface area contributed by atoms with E-state index in [-0.39, 0.29) is 6.54 Å². The topological polar surface area (TPSA) is 40.5 Å². The van der Waals surface area contributed by atoms with Crippen molar-refractivity contribution in [3.8, 4) is 0 Å². The fourth-order valence-electron chi connectivity index (χ4n) is 1.45. The predicted molar refractivity (Wildman–Crippen MR) is 46.0 cm³/mol. The fourth-order valence-corrected chi connectivity index (χ4v) is 2.19. The van der Waals surface area contributed by atoms with Gasteiger partial charge in [-0.25, -0.2) is 0 Å². The molecule has 0 aliphatic carbocycles. The first-order valence-electron chi connectivity index (χ1n) is 3.76. The first-order chi connectivity index (χ1) is 5.24. The molecule has 0 amide bonds. The number of carbonyl (C=O) groups is 1. The van der Waals surface area contributed by atoms with Gasteiger partial charge in [0, 0.05) is 11.4 Å². The molecule has 4 heteroatoms. The Morgan fingerprint density at radius 3 is 3.00 bits per heavy atom. The van der Waals surface area contributed by atoms with Crippen LogP contribution in [-0.4, -0.2) is 40.4 Å². The molecule has 1 saturated heterocycles. The van der Waals surface area contributed by atoms with Gasteiger partial charge < -0.3 is 5.11 Å². The monoisotopic (exact) mass is 221 g/mol. The zero-order chi connectivity index (χ0) is 8.27. The van der Waals surface area contributed by atoms with Crippen LogP contribution in [0.5, 0.6) is 0 Å². The van der Waals surface area contributed by atoms with Gasteiger partial charge in [0.25, 0.3) is 0 Å². The molecule has 0 aromatic carbocycles. The van der Waals surface area contributed by atoms with E-state index in [0.717, 1.165) is 24.7 Å². The standard InChI is InChI=1S/C7H12BrNO2/c8-4-6-2-1-3-9(6)5-7(10)11/h6H,1-5H2,(H,10,11). The Hall–Kier alpha value is -0.0900. The van der Waals surface area contributed by atoms with Crippen molar-refractivity contribution in [1.82, 2.24) is 4.90 Å². The number of aliphatic carboxylic acids is 1. The Kier molecular flexibility index (Phi) is 3.33.